The Hall–Kier alpha value is -2.30. The third-order valence-electron chi connectivity index (χ3n) is 3.62. The lowest BCUT2D eigenvalue weighted by Crippen LogP contribution is -1.96. The van der Waals surface area contributed by atoms with Crippen LogP contribution in [0, 0.1) is 11.8 Å². The van der Waals surface area contributed by atoms with E-state index in [2.05, 4.69) is 71.8 Å². The highest BCUT2D eigenvalue weighted by atomic mass is 32.1. The minimum absolute atomic E-state index is 0.306. The lowest BCUT2D eigenvalue weighted by Gasteiger charge is -2.08. The number of rotatable bonds is 4. The molecule has 3 rings (SSSR count). The van der Waals surface area contributed by atoms with Crippen molar-refractivity contribution >= 4 is 11.3 Å². The lowest BCUT2D eigenvalue weighted by molar-refractivity contribution is 0.765. The number of hydrogen-bond donors (Lipinski definition) is 0. The van der Waals surface area contributed by atoms with Crippen molar-refractivity contribution in [2.24, 2.45) is 0 Å². The molecule has 0 nitrogen and oxygen atoms in total. The Kier molecular flexibility index (Phi) is 5.08. The summed E-state index contributed by atoms with van der Waals surface area (Å²) in [6, 6.07) is 25.2. The summed E-state index contributed by atoms with van der Waals surface area (Å²) in [6.45, 7) is 0. The Balaban J connectivity index is 1.75. The number of thiophene rings is 1. The van der Waals surface area contributed by atoms with Gasteiger partial charge in [0.25, 0.3) is 0 Å². The van der Waals surface area contributed by atoms with E-state index in [0.29, 0.717) is 5.92 Å². The summed E-state index contributed by atoms with van der Waals surface area (Å²) in [6.07, 6.45) is 2.12. The van der Waals surface area contributed by atoms with Gasteiger partial charge in [0.1, 0.15) is 0 Å². The summed E-state index contributed by atoms with van der Waals surface area (Å²) >= 11 is 1.80. The molecule has 0 radical (unpaired) electrons. The summed E-state index contributed by atoms with van der Waals surface area (Å²) in [5.74, 6) is 7.10. The van der Waals surface area contributed by atoms with E-state index in [1.54, 1.807) is 11.3 Å². The molecule has 1 aromatic heterocycles. The van der Waals surface area contributed by atoms with Crippen LogP contribution in [0.2, 0.25) is 0 Å². The van der Waals surface area contributed by atoms with Crippen molar-refractivity contribution in [1.82, 2.24) is 0 Å². The summed E-state index contributed by atoms with van der Waals surface area (Å²) in [7, 11) is 0. The standard InChI is InChI=1S/C21H18S/c1-3-8-18(9-4-1)13-15-20(21-12-7-17-22-21)16-14-19-10-5-2-6-11-19/h1-12,17,20H,13,15H2/t20-/m1/s1. The van der Waals surface area contributed by atoms with Gasteiger partial charge in [-0.25, -0.2) is 0 Å². The van der Waals surface area contributed by atoms with Gasteiger partial charge in [0.2, 0.25) is 0 Å². The van der Waals surface area contributed by atoms with E-state index in [1.807, 2.05) is 18.2 Å². The Morgan fingerprint density at radius 1 is 0.818 bits per heavy atom. The minimum atomic E-state index is 0.306. The van der Waals surface area contributed by atoms with Crippen LogP contribution in [0.5, 0.6) is 0 Å². The van der Waals surface area contributed by atoms with Crippen molar-refractivity contribution in [2.45, 2.75) is 18.8 Å². The molecule has 0 spiro atoms. The van der Waals surface area contributed by atoms with E-state index in [9.17, 15) is 0 Å². The molecule has 22 heavy (non-hydrogen) atoms. The van der Waals surface area contributed by atoms with Gasteiger partial charge < -0.3 is 0 Å². The molecular formula is C21H18S. The zero-order valence-corrected chi connectivity index (χ0v) is 13.2. The van der Waals surface area contributed by atoms with Gasteiger partial charge in [-0.1, -0.05) is 66.4 Å². The Morgan fingerprint density at radius 3 is 2.23 bits per heavy atom. The van der Waals surface area contributed by atoms with Crippen LogP contribution < -0.4 is 0 Å². The van der Waals surface area contributed by atoms with E-state index in [0.717, 1.165) is 18.4 Å². The van der Waals surface area contributed by atoms with Gasteiger partial charge in [-0.15, -0.1) is 11.3 Å². The molecular weight excluding hydrogens is 284 g/mol. The van der Waals surface area contributed by atoms with Crippen LogP contribution in [0.3, 0.4) is 0 Å². The van der Waals surface area contributed by atoms with Crippen molar-refractivity contribution in [3.05, 3.63) is 94.2 Å². The monoisotopic (exact) mass is 302 g/mol. The van der Waals surface area contributed by atoms with E-state index < -0.39 is 0 Å². The highest BCUT2D eigenvalue weighted by Crippen LogP contribution is 2.25. The van der Waals surface area contributed by atoms with Gasteiger partial charge in [0, 0.05) is 10.4 Å². The highest BCUT2D eigenvalue weighted by molar-refractivity contribution is 7.10. The Bertz CT molecular complexity index is 731. The van der Waals surface area contributed by atoms with E-state index in [4.69, 9.17) is 0 Å². The fourth-order valence-electron chi connectivity index (χ4n) is 2.42. The molecule has 0 aliphatic carbocycles. The predicted octanol–water partition coefficient (Wildman–Crippen LogP) is 5.52. The molecule has 1 atom stereocenters. The zero-order valence-electron chi connectivity index (χ0n) is 12.4. The predicted molar refractivity (Wildman–Crippen MR) is 95.1 cm³/mol. The van der Waals surface area contributed by atoms with Gasteiger partial charge in [0.15, 0.2) is 0 Å². The number of aryl methyl sites for hydroxylation is 1. The molecule has 0 unspecified atom stereocenters. The van der Waals surface area contributed by atoms with E-state index in [1.165, 1.54) is 10.4 Å². The van der Waals surface area contributed by atoms with Crippen LogP contribution >= 0.6 is 11.3 Å². The first kappa shape index (κ1) is 14.6. The second kappa shape index (κ2) is 7.64. The molecule has 1 heterocycles. The fourth-order valence-corrected chi connectivity index (χ4v) is 3.24. The number of benzene rings is 2. The fraction of sp³-hybridized carbons (Fsp3) is 0.143. The van der Waals surface area contributed by atoms with Crippen LogP contribution in [0.4, 0.5) is 0 Å². The van der Waals surface area contributed by atoms with Gasteiger partial charge in [-0.3, -0.25) is 0 Å². The van der Waals surface area contributed by atoms with Crippen molar-refractivity contribution < 1.29 is 0 Å². The topological polar surface area (TPSA) is 0 Å². The van der Waals surface area contributed by atoms with E-state index >= 15 is 0 Å². The summed E-state index contributed by atoms with van der Waals surface area (Å²) in [5, 5.41) is 2.13. The van der Waals surface area contributed by atoms with Crippen molar-refractivity contribution in [1.29, 1.82) is 0 Å². The second-order valence-electron chi connectivity index (χ2n) is 5.23. The van der Waals surface area contributed by atoms with Gasteiger partial charge >= 0.3 is 0 Å². The largest absolute Gasteiger partial charge is 0.148 e. The van der Waals surface area contributed by atoms with Crippen LogP contribution in [-0.2, 0) is 6.42 Å². The molecule has 0 saturated heterocycles. The SMILES string of the molecule is C(#C[C@@H](CCc1ccccc1)c1cccs1)c1ccccc1. The van der Waals surface area contributed by atoms with Crippen LogP contribution in [0.15, 0.2) is 78.2 Å². The average Bonchev–Trinajstić information content (AvgIpc) is 3.11. The third-order valence-corrected chi connectivity index (χ3v) is 4.60. The highest BCUT2D eigenvalue weighted by Gasteiger charge is 2.09. The molecule has 0 aliphatic rings. The van der Waals surface area contributed by atoms with Crippen LogP contribution in [-0.4, -0.2) is 0 Å². The molecule has 0 saturated carbocycles. The first-order valence-corrected chi connectivity index (χ1v) is 8.44. The molecule has 108 valence electrons. The van der Waals surface area contributed by atoms with Crippen LogP contribution in [0.1, 0.15) is 28.3 Å². The molecule has 0 bridgehead atoms. The summed E-state index contributed by atoms with van der Waals surface area (Å²) in [4.78, 5) is 1.36. The average molecular weight is 302 g/mol. The smallest absolute Gasteiger partial charge is 0.0553 e. The quantitative estimate of drug-likeness (QED) is 0.557. The first-order chi connectivity index (χ1) is 10.9. The molecule has 0 N–H and O–H groups in total. The van der Waals surface area contributed by atoms with Gasteiger partial charge in [0.05, 0.1) is 5.92 Å². The normalized spacial score (nSPS) is 11.5. The third kappa shape index (κ3) is 4.10. The minimum Gasteiger partial charge on any atom is -0.148 e. The molecule has 3 aromatic rings. The van der Waals surface area contributed by atoms with Crippen molar-refractivity contribution in [2.75, 3.05) is 0 Å². The summed E-state index contributed by atoms with van der Waals surface area (Å²) in [5.41, 5.74) is 2.47. The Morgan fingerprint density at radius 2 is 1.55 bits per heavy atom. The molecule has 1 heteroatoms. The number of hydrogen-bond acceptors (Lipinski definition) is 1. The first-order valence-electron chi connectivity index (χ1n) is 7.56. The Labute approximate surface area is 136 Å². The van der Waals surface area contributed by atoms with Crippen molar-refractivity contribution in [3.8, 4) is 11.8 Å². The second-order valence-corrected chi connectivity index (χ2v) is 6.21. The maximum Gasteiger partial charge on any atom is 0.0553 e. The summed E-state index contributed by atoms with van der Waals surface area (Å²) < 4.78 is 0. The lowest BCUT2D eigenvalue weighted by atomic mass is 9.98. The zero-order chi connectivity index (χ0) is 15.0. The van der Waals surface area contributed by atoms with E-state index in [-0.39, 0.29) is 0 Å². The molecule has 0 amide bonds. The van der Waals surface area contributed by atoms with Gasteiger partial charge in [-0.2, -0.15) is 0 Å². The molecule has 0 fully saturated rings. The van der Waals surface area contributed by atoms with Gasteiger partial charge in [-0.05, 0) is 42.0 Å². The molecule has 0 aliphatic heterocycles. The van der Waals surface area contributed by atoms with Crippen LogP contribution in [0.25, 0.3) is 0 Å². The molecule has 2 aromatic carbocycles. The van der Waals surface area contributed by atoms with Crippen molar-refractivity contribution in [3.63, 3.8) is 0 Å². The maximum absolute atomic E-state index is 3.47. The maximum atomic E-state index is 3.47.